The first-order valence-corrected chi connectivity index (χ1v) is 5.04. The Kier molecular flexibility index (Phi) is 4.31. The standard InChI is InChI=1S/C13H18/c1-3-5-9-12(4-2)13-10-7-6-8-11-13/h3,5-8,10-12H,4,9H2,1-2H3. The average Bonchev–Trinajstić information content (AvgIpc) is 2.21. The van der Waals surface area contributed by atoms with Gasteiger partial charge in [0, 0.05) is 0 Å². The first-order chi connectivity index (χ1) is 6.38. The maximum atomic E-state index is 2.25. The van der Waals surface area contributed by atoms with E-state index < -0.39 is 0 Å². The van der Waals surface area contributed by atoms with Crippen LogP contribution in [-0.2, 0) is 0 Å². The molecule has 0 saturated heterocycles. The fourth-order valence-corrected chi connectivity index (χ4v) is 1.56. The molecular weight excluding hydrogens is 156 g/mol. The SMILES string of the molecule is CC=CCC(CC)c1ccccc1. The molecule has 1 atom stereocenters. The number of allylic oxidation sites excluding steroid dienone is 2. The Labute approximate surface area is 81.3 Å². The number of hydrogen-bond donors (Lipinski definition) is 0. The van der Waals surface area contributed by atoms with Gasteiger partial charge in [0.15, 0.2) is 0 Å². The molecule has 0 radical (unpaired) electrons. The minimum absolute atomic E-state index is 0.692. The van der Waals surface area contributed by atoms with Gasteiger partial charge >= 0.3 is 0 Å². The van der Waals surface area contributed by atoms with Gasteiger partial charge in [0.05, 0.1) is 0 Å². The van der Waals surface area contributed by atoms with Crippen LogP contribution in [0.15, 0.2) is 42.5 Å². The van der Waals surface area contributed by atoms with Gasteiger partial charge in [-0.1, -0.05) is 49.4 Å². The van der Waals surface area contributed by atoms with Crippen LogP contribution in [0.2, 0.25) is 0 Å². The van der Waals surface area contributed by atoms with E-state index in [0.29, 0.717) is 5.92 Å². The molecule has 0 aliphatic rings. The predicted octanol–water partition coefficient (Wildman–Crippen LogP) is 4.15. The van der Waals surface area contributed by atoms with E-state index in [9.17, 15) is 0 Å². The molecule has 70 valence electrons. The third-order valence-corrected chi connectivity index (χ3v) is 2.42. The van der Waals surface area contributed by atoms with Crippen molar-refractivity contribution >= 4 is 0 Å². The molecule has 0 heterocycles. The molecule has 0 heteroatoms. The lowest BCUT2D eigenvalue weighted by Gasteiger charge is -2.12. The first kappa shape index (κ1) is 10.0. The normalized spacial score (nSPS) is 13.4. The van der Waals surface area contributed by atoms with Crippen molar-refractivity contribution in [1.82, 2.24) is 0 Å². The van der Waals surface area contributed by atoms with Gasteiger partial charge < -0.3 is 0 Å². The molecule has 13 heavy (non-hydrogen) atoms. The van der Waals surface area contributed by atoms with Crippen molar-refractivity contribution in [1.29, 1.82) is 0 Å². The molecule has 0 nitrogen and oxygen atoms in total. The van der Waals surface area contributed by atoms with E-state index >= 15 is 0 Å². The molecule has 0 fully saturated rings. The van der Waals surface area contributed by atoms with Crippen LogP contribution >= 0.6 is 0 Å². The van der Waals surface area contributed by atoms with Crippen molar-refractivity contribution in [2.24, 2.45) is 0 Å². The van der Waals surface area contributed by atoms with E-state index in [4.69, 9.17) is 0 Å². The van der Waals surface area contributed by atoms with Gasteiger partial charge in [-0.25, -0.2) is 0 Å². The Hall–Kier alpha value is -1.04. The van der Waals surface area contributed by atoms with Crippen LogP contribution in [0.5, 0.6) is 0 Å². The van der Waals surface area contributed by atoms with Crippen molar-refractivity contribution in [2.75, 3.05) is 0 Å². The summed E-state index contributed by atoms with van der Waals surface area (Å²) in [4.78, 5) is 0. The minimum atomic E-state index is 0.692. The summed E-state index contributed by atoms with van der Waals surface area (Å²) in [5, 5.41) is 0. The predicted molar refractivity (Wildman–Crippen MR) is 58.9 cm³/mol. The van der Waals surface area contributed by atoms with Gasteiger partial charge in [0.2, 0.25) is 0 Å². The summed E-state index contributed by atoms with van der Waals surface area (Å²) in [5.41, 5.74) is 1.46. The topological polar surface area (TPSA) is 0 Å². The first-order valence-electron chi connectivity index (χ1n) is 5.04. The van der Waals surface area contributed by atoms with Gasteiger partial charge in [0.25, 0.3) is 0 Å². The van der Waals surface area contributed by atoms with Crippen LogP contribution < -0.4 is 0 Å². The quantitative estimate of drug-likeness (QED) is 0.602. The van der Waals surface area contributed by atoms with E-state index in [0.717, 1.165) is 6.42 Å². The molecule has 1 rings (SSSR count). The van der Waals surface area contributed by atoms with Gasteiger partial charge in [0.1, 0.15) is 0 Å². The number of benzene rings is 1. The summed E-state index contributed by atoms with van der Waals surface area (Å²) in [6.45, 7) is 4.33. The van der Waals surface area contributed by atoms with E-state index in [1.807, 2.05) is 0 Å². The lowest BCUT2D eigenvalue weighted by Crippen LogP contribution is -1.94. The number of rotatable bonds is 4. The van der Waals surface area contributed by atoms with Crippen LogP contribution in [-0.4, -0.2) is 0 Å². The summed E-state index contributed by atoms with van der Waals surface area (Å²) in [7, 11) is 0. The third-order valence-electron chi connectivity index (χ3n) is 2.42. The summed E-state index contributed by atoms with van der Waals surface area (Å²) >= 11 is 0. The molecule has 1 aromatic carbocycles. The van der Waals surface area contributed by atoms with Crippen LogP contribution in [0.25, 0.3) is 0 Å². The zero-order chi connectivity index (χ0) is 9.52. The Morgan fingerprint density at radius 2 is 1.92 bits per heavy atom. The summed E-state index contributed by atoms with van der Waals surface area (Å²) in [6, 6.07) is 10.8. The molecule has 1 aromatic rings. The highest BCUT2D eigenvalue weighted by molar-refractivity contribution is 5.20. The highest BCUT2D eigenvalue weighted by atomic mass is 14.1. The molecule has 0 bridgehead atoms. The summed E-state index contributed by atoms with van der Waals surface area (Å²) in [6.07, 6.45) is 6.76. The van der Waals surface area contributed by atoms with Crippen molar-refractivity contribution in [2.45, 2.75) is 32.6 Å². The van der Waals surface area contributed by atoms with Crippen LogP contribution in [0, 0.1) is 0 Å². The molecule has 0 aromatic heterocycles. The zero-order valence-corrected chi connectivity index (χ0v) is 8.53. The fraction of sp³-hybridized carbons (Fsp3) is 0.385. The molecule has 0 amide bonds. The van der Waals surface area contributed by atoms with Gasteiger partial charge in [-0.05, 0) is 31.2 Å². The molecule has 0 aliphatic carbocycles. The largest absolute Gasteiger partial charge is 0.0916 e. The van der Waals surface area contributed by atoms with Crippen LogP contribution in [0.3, 0.4) is 0 Å². The Morgan fingerprint density at radius 1 is 1.23 bits per heavy atom. The molecule has 0 saturated carbocycles. The van der Waals surface area contributed by atoms with Gasteiger partial charge in [-0.3, -0.25) is 0 Å². The maximum Gasteiger partial charge on any atom is -0.0130 e. The van der Waals surface area contributed by atoms with E-state index in [2.05, 4.69) is 56.3 Å². The molecule has 0 spiro atoms. The highest BCUT2D eigenvalue weighted by Gasteiger charge is 2.05. The van der Waals surface area contributed by atoms with E-state index in [1.54, 1.807) is 0 Å². The average molecular weight is 174 g/mol. The lowest BCUT2D eigenvalue weighted by atomic mass is 9.93. The van der Waals surface area contributed by atoms with Crippen LogP contribution in [0.4, 0.5) is 0 Å². The fourth-order valence-electron chi connectivity index (χ4n) is 1.56. The monoisotopic (exact) mass is 174 g/mol. The second kappa shape index (κ2) is 5.58. The van der Waals surface area contributed by atoms with E-state index in [1.165, 1.54) is 12.0 Å². The van der Waals surface area contributed by atoms with Crippen molar-refractivity contribution in [3.8, 4) is 0 Å². The van der Waals surface area contributed by atoms with Gasteiger partial charge in [-0.15, -0.1) is 0 Å². The lowest BCUT2D eigenvalue weighted by molar-refractivity contribution is 0.674. The smallest absolute Gasteiger partial charge is 0.0130 e. The summed E-state index contributed by atoms with van der Waals surface area (Å²) < 4.78 is 0. The zero-order valence-electron chi connectivity index (χ0n) is 8.53. The molecule has 1 unspecified atom stereocenters. The second-order valence-electron chi connectivity index (χ2n) is 3.32. The van der Waals surface area contributed by atoms with E-state index in [-0.39, 0.29) is 0 Å². The van der Waals surface area contributed by atoms with Crippen molar-refractivity contribution in [3.63, 3.8) is 0 Å². The van der Waals surface area contributed by atoms with Crippen molar-refractivity contribution < 1.29 is 0 Å². The van der Waals surface area contributed by atoms with Crippen molar-refractivity contribution in [3.05, 3.63) is 48.0 Å². The Morgan fingerprint density at radius 3 is 2.46 bits per heavy atom. The highest BCUT2D eigenvalue weighted by Crippen LogP contribution is 2.22. The molecule has 0 N–H and O–H groups in total. The summed E-state index contributed by atoms with van der Waals surface area (Å²) in [5.74, 6) is 0.692. The second-order valence-corrected chi connectivity index (χ2v) is 3.32. The minimum Gasteiger partial charge on any atom is -0.0916 e. The number of hydrogen-bond acceptors (Lipinski definition) is 0. The molecular formula is C13H18. The van der Waals surface area contributed by atoms with Gasteiger partial charge in [-0.2, -0.15) is 0 Å². The maximum absolute atomic E-state index is 2.25. The Balaban J connectivity index is 2.67. The Bertz CT molecular complexity index is 246. The molecule has 0 aliphatic heterocycles. The third kappa shape index (κ3) is 3.06. The van der Waals surface area contributed by atoms with Crippen LogP contribution in [0.1, 0.15) is 38.2 Å².